The molecule has 18 heavy (non-hydrogen) atoms. The Balaban J connectivity index is 1.93. The summed E-state index contributed by atoms with van der Waals surface area (Å²) in [5, 5.41) is 10.7. The van der Waals surface area contributed by atoms with Gasteiger partial charge >= 0.3 is 0 Å². The zero-order chi connectivity index (χ0) is 13.2. The Morgan fingerprint density at radius 3 is 2.39 bits per heavy atom. The number of halogens is 1. The number of aliphatic hydroxyl groups excluding tert-OH is 1. The summed E-state index contributed by atoms with van der Waals surface area (Å²) in [7, 11) is 0. The topological polar surface area (TPSA) is 29.5 Å². The van der Waals surface area contributed by atoms with Crippen molar-refractivity contribution in [1.29, 1.82) is 0 Å². The summed E-state index contributed by atoms with van der Waals surface area (Å²) in [6.45, 7) is 4.85. The first kappa shape index (κ1) is 13.9. The number of hydrogen-bond donors (Lipinski definition) is 1. The maximum atomic E-state index is 9.96. The van der Waals surface area contributed by atoms with Crippen LogP contribution < -0.4 is 0 Å². The van der Waals surface area contributed by atoms with E-state index in [9.17, 15) is 5.11 Å². The van der Waals surface area contributed by atoms with Crippen LogP contribution in [0, 0.1) is 5.41 Å². The molecule has 3 heteroatoms. The highest BCUT2D eigenvalue weighted by Crippen LogP contribution is 2.49. The zero-order valence-electron chi connectivity index (χ0n) is 11.0. The minimum absolute atomic E-state index is 0.0353. The van der Waals surface area contributed by atoms with Crippen LogP contribution in [0.25, 0.3) is 0 Å². The van der Waals surface area contributed by atoms with Crippen molar-refractivity contribution < 1.29 is 9.84 Å². The van der Waals surface area contributed by atoms with Crippen molar-refractivity contribution in [1.82, 2.24) is 0 Å². The van der Waals surface area contributed by atoms with Crippen molar-refractivity contribution in [2.45, 2.75) is 51.9 Å². The minimum Gasteiger partial charge on any atom is -0.392 e. The van der Waals surface area contributed by atoms with Crippen molar-refractivity contribution in [2.24, 2.45) is 5.41 Å². The van der Waals surface area contributed by atoms with Crippen LogP contribution in [0.3, 0.4) is 0 Å². The van der Waals surface area contributed by atoms with Crippen molar-refractivity contribution in [3.63, 3.8) is 0 Å². The summed E-state index contributed by atoms with van der Waals surface area (Å²) in [5.41, 5.74) is 1.09. The average Bonchev–Trinajstić information content (AvgIpc) is 2.38. The lowest BCUT2D eigenvalue weighted by molar-refractivity contribution is -0.200. The Bertz CT molecular complexity index is 384. The molecular formula is C15H21ClO2. The summed E-state index contributed by atoms with van der Waals surface area (Å²) in [6, 6.07) is 7.72. The van der Waals surface area contributed by atoms with Gasteiger partial charge in [0, 0.05) is 16.9 Å². The van der Waals surface area contributed by atoms with Gasteiger partial charge in [-0.15, -0.1) is 0 Å². The molecule has 0 spiro atoms. The van der Waals surface area contributed by atoms with Gasteiger partial charge in [-0.3, -0.25) is 0 Å². The number of hydrogen-bond acceptors (Lipinski definition) is 2. The molecule has 1 N–H and O–H groups in total. The second kappa shape index (κ2) is 5.60. The summed E-state index contributed by atoms with van der Waals surface area (Å²) in [5.74, 6) is 0. The maximum Gasteiger partial charge on any atom is 0.0721 e. The normalized spacial score (nSPS) is 25.8. The van der Waals surface area contributed by atoms with E-state index in [-0.39, 0.29) is 17.6 Å². The number of aliphatic hydroxyl groups is 1. The van der Waals surface area contributed by atoms with Gasteiger partial charge in [0.15, 0.2) is 0 Å². The van der Waals surface area contributed by atoms with Gasteiger partial charge < -0.3 is 9.84 Å². The minimum atomic E-state index is -0.206. The molecule has 2 atom stereocenters. The SMILES string of the molecule is CCC1(CC)C(O)CC1OCc1ccc(Cl)cc1. The van der Waals surface area contributed by atoms with Gasteiger partial charge in [0.1, 0.15) is 0 Å². The number of rotatable bonds is 5. The van der Waals surface area contributed by atoms with Crippen LogP contribution >= 0.6 is 11.6 Å². The molecule has 0 aromatic heterocycles. The van der Waals surface area contributed by atoms with Crippen molar-refractivity contribution in [3.8, 4) is 0 Å². The molecule has 1 aliphatic rings. The predicted octanol–water partition coefficient (Wildman–Crippen LogP) is 3.80. The molecule has 1 fully saturated rings. The van der Waals surface area contributed by atoms with Crippen LogP contribution in [0.4, 0.5) is 0 Å². The molecule has 1 aliphatic carbocycles. The van der Waals surface area contributed by atoms with E-state index in [2.05, 4.69) is 13.8 Å². The summed E-state index contributed by atoms with van der Waals surface area (Å²) in [6.07, 6.45) is 2.67. The number of benzene rings is 1. The van der Waals surface area contributed by atoms with Gasteiger partial charge in [0.25, 0.3) is 0 Å². The Kier molecular flexibility index (Phi) is 4.31. The monoisotopic (exact) mass is 268 g/mol. The van der Waals surface area contributed by atoms with Gasteiger partial charge in [0.05, 0.1) is 18.8 Å². The standard InChI is InChI=1S/C15H21ClO2/c1-3-15(4-2)13(17)9-14(15)18-10-11-5-7-12(16)8-6-11/h5-8,13-14,17H,3-4,9-10H2,1-2H3. The molecule has 2 unspecified atom stereocenters. The summed E-state index contributed by atoms with van der Waals surface area (Å²) in [4.78, 5) is 0. The highest BCUT2D eigenvalue weighted by molar-refractivity contribution is 6.30. The lowest BCUT2D eigenvalue weighted by Gasteiger charge is -2.52. The van der Waals surface area contributed by atoms with Crippen LogP contribution in [0.5, 0.6) is 0 Å². The molecule has 0 heterocycles. The molecule has 0 saturated heterocycles. The van der Waals surface area contributed by atoms with E-state index in [4.69, 9.17) is 16.3 Å². The van der Waals surface area contributed by atoms with Crippen molar-refractivity contribution >= 4 is 11.6 Å². The summed E-state index contributed by atoms with van der Waals surface area (Å²) < 4.78 is 5.97. The van der Waals surface area contributed by atoms with E-state index in [1.165, 1.54) is 0 Å². The quantitative estimate of drug-likeness (QED) is 0.880. The molecule has 1 aromatic carbocycles. The van der Waals surface area contributed by atoms with Gasteiger partial charge in [-0.2, -0.15) is 0 Å². The molecule has 1 aromatic rings. The Labute approximate surface area is 114 Å². The van der Waals surface area contributed by atoms with Crippen molar-refractivity contribution in [3.05, 3.63) is 34.9 Å². The van der Waals surface area contributed by atoms with E-state index < -0.39 is 0 Å². The number of ether oxygens (including phenoxy) is 1. The first-order valence-corrected chi connectivity index (χ1v) is 7.04. The third kappa shape index (κ3) is 2.42. The Morgan fingerprint density at radius 2 is 1.89 bits per heavy atom. The van der Waals surface area contributed by atoms with Crippen LogP contribution in [-0.2, 0) is 11.3 Å². The molecule has 2 nitrogen and oxygen atoms in total. The fourth-order valence-corrected chi connectivity index (χ4v) is 3.04. The lowest BCUT2D eigenvalue weighted by atomic mass is 9.60. The summed E-state index contributed by atoms with van der Waals surface area (Å²) >= 11 is 5.85. The first-order chi connectivity index (χ1) is 8.62. The predicted molar refractivity (Wildman–Crippen MR) is 73.7 cm³/mol. The van der Waals surface area contributed by atoms with Gasteiger partial charge in [-0.1, -0.05) is 37.6 Å². The second-order valence-corrected chi connectivity index (χ2v) is 5.55. The Morgan fingerprint density at radius 1 is 1.28 bits per heavy atom. The van der Waals surface area contributed by atoms with E-state index in [0.717, 1.165) is 29.8 Å². The molecule has 0 aliphatic heterocycles. The first-order valence-electron chi connectivity index (χ1n) is 6.66. The highest BCUT2D eigenvalue weighted by atomic mass is 35.5. The van der Waals surface area contributed by atoms with E-state index >= 15 is 0 Å². The molecule has 1 saturated carbocycles. The van der Waals surface area contributed by atoms with Crippen LogP contribution in [0.2, 0.25) is 5.02 Å². The highest BCUT2D eigenvalue weighted by Gasteiger charge is 2.52. The zero-order valence-corrected chi connectivity index (χ0v) is 11.8. The molecule has 2 rings (SSSR count). The molecule has 0 radical (unpaired) electrons. The van der Waals surface area contributed by atoms with Crippen LogP contribution in [-0.4, -0.2) is 17.3 Å². The molecular weight excluding hydrogens is 248 g/mol. The van der Waals surface area contributed by atoms with Crippen LogP contribution in [0.1, 0.15) is 38.7 Å². The third-order valence-electron chi connectivity index (χ3n) is 4.42. The molecule has 100 valence electrons. The largest absolute Gasteiger partial charge is 0.392 e. The fraction of sp³-hybridized carbons (Fsp3) is 0.600. The van der Waals surface area contributed by atoms with Crippen LogP contribution in [0.15, 0.2) is 24.3 Å². The second-order valence-electron chi connectivity index (χ2n) is 5.12. The van der Waals surface area contributed by atoms with E-state index in [0.29, 0.717) is 6.61 Å². The van der Waals surface area contributed by atoms with E-state index in [1.807, 2.05) is 24.3 Å². The smallest absolute Gasteiger partial charge is 0.0721 e. The molecule has 0 bridgehead atoms. The van der Waals surface area contributed by atoms with E-state index in [1.54, 1.807) is 0 Å². The van der Waals surface area contributed by atoms with Gasteiger partial charge in [-0.25, -0.2) is 0 Å². The maximum absolute atomic E-state index is 9.96. The fourth-order valence-electron chi connectivity index (χ4n) is 2.91. The lowest BCUT2D eigenvalue weighted by Crippen LogP contribution is -2.57. The Hall–Kier alpha value is -0.570. The third-order valence-corrected chi connectivity index (χ3v) is 4.68. The van der Waals surface area contributed by atoms with Gasteiger partial charge in [-0.05, 0) is 30.5 Å². The molecule has 0 amide bonds. The average molecular weight is 269 g/mol. The van der Waals surface area contributed by atoms with Gasteiger partial charge in [0.2, 0.25) is 0 Å². The van der Waals surface area contributed by atoms with Crippen molar-refractivity contribution in [2.75, 3.05) is 0 Å².